The first kappa shape index (κ1) is 15.0. The van der Waals surface area contributed by atoms with Crippen molar-refractivity contribution in [3.8, 4) is 0 Å². The quantitative estimate of drug-likeness (QED) is 0.885. The molecule has 20 heavy (non-hydrogen) atoms. The molecule has 0 spiro atoms. The van der Waals surface area contributed by atoms with Crippen LogP contribution in [0.1, 0.15) is 30.4 Å². The average molecular weight is 280 g/mol. The van der Waals surface area contributed by atoms with Crippen LogP contribution in [-0.4, -0.2) is 60.5 Å². The van der Waals surface area contributed by atoms with Crippen LogP contribution in [0.3, 0.4) is 0 Å². The predicted octanol–water partition coefficient (Wildman–Crippen LogP) is 0.772. The monoisotopic (exact) mass is 280 g/mol. The zero-order valence-corrected chi connectivity index (χ0v) is 12.5. The van der Waals surface area contributed by atoms with Gasteiger partial charge in [0, 0.05) is 37.8 Å². The van der Waals surface area contributed by atoms with E-state index in [1.807, 2.05) is 20.0 Å². The highest BCUT2D eigenvalue weighted by Gasteiger charge is 2.18. The molecule has 112 valence electrons. The van der Waals surface area contributed by atoms with Crippen LogP contribution in [0.25, 0.3) is 0 Å². The fourth-order valence-electron chi connectivity index (χ4n) is 2.25. The Hall–Kier alpha value is -1.40. The fraction of sp³-hybridized carbons (Fsp3) is 0.714. The van der Waals surface area contributed by atoms with E-state index in [-0.39, 0.29) is 11.9 Å². The highest BCUT2D eigenvalue weighted by molar-refractivity contribution is 5.92. The zero-order valence-electron chi connectivity index (χ0n) is 12.5. The molecule has 1 saturated heterocycles. The molecular formula is C14H24N4O2. The Bertz CT molecular complexity index is 444. The molecular weight excluding hydrogens is 256 g/mol. The Kier molecular flexibility index (Phi) is 5.14. The number of amides is 1. The summed E-state index contributed by atoms with van der Waals surface area (Å²) in [4.78, 5) is 14.3. The fourth-order valence-corrected chi connectivity index (χ4v) is 2.25. The van der Waals surface area contributed by atoms with Crippen molar-refractivity contribution >= 4 is 5.91 Å². The van der Waals surface area contributed by atoms with Crippen molar-refractivity contribution in [2.45, 2.75) is 19.9 Å². The molecule has 1 atom stereocenters. The molecule has 1 aliphatic heterocycles. The van der Waals surface area contributed by atoms with Gasteiger partial charge in [-0.1, -0.05) is 0 Å². The molecule has 1 aliphatic rings. The van der Waals surface area contributed by atoms with Gasteiger partial charge in [-0.25, -0.2) is 0 Å². The van der Waals surface area contributed by atoms with Gasteiger partial charge in [-0.3, -0.25) is 9.48 Å². The van der Waals surface area contributed by atoms with Crippen molar-refractivity contribution in [3.63, 3.8) is 0 Å². The number of hydrogen-bond donors (Lipinski definition) is 1. The van der Waals surface area contributed by atoms with Crippen LogP contribution in [0.15, 0.2) is 12.3 Å². The van der Waals surface area contributed by atoms with Gasteiger partial charge < -0.3 is 15.0 Å². The van der Waals surface area contributed by atoms with Gasteiger partial charge in [0.1, 0.15) is 5.69 Å². The van der Waals surface area contributed by atoms with E-state index >= 15 is 0 Å². The first-order valence-electron chi connectivity index (χ1n) is 7.16. The van der Waals surface area contributed by atoms with Crippen LogP contribution in [-0.2, 0) is 4.74 Å². The van der Waals surface area contributed by atoms with Crippen molar-refractivity contribution in [2.75, 3.05) is 39.9 Å². The summed E-state index contributed by atoms with van der Waals surface area (Å²) in [6.45, 7) is 8.05. The SMILES string of the molecule is CC(C)n1ccc(C(=O)NC[C@H]2COCCN(C)C2)n1. The van der Waals surface area contributed by atoms with Crippen molar-refractivity contribution in [1.29, 1.82) is 0 Å². The third-order valence-electron chi connectivity index (χ3n) is 3.46. The molecule has 0 aliphatic carbocycles. The molecule has 0 radical (unpaired) electrons. The van der Waals surface area contributed by atoms with Gasteiger partial charge in [-0.2, -0.15) is 5.10 Å². The third-order valence-corrected chi connectivity index (χ3v) is 3.46. The third kappa shape index (κ3) is 4.05. The van der Waals surface area contributed by atoms with Crippen LogP contribution in [0.5, 0.6) is 0 Å². The topological polar surface area (TPSA) is 59.4 Å². The standard InChI is InChI=1S/C14H24N4O2/c1-11(2)18-5-4-13(16-18)14(19)15-8-12-9-17(3)6-7-20-10-12/h4-5,11-12H,6-10H2,1-3H3,(H,15,19)/t12-/m1/s1. The lowest BCUT2D eigenvalue weighted by atomic mass is 10.1. The number of carbonyl (C=O) groups is 1. The molecule has 0 saturated carbocycles. The molecule has 2 rings (SSSR count). The Labute approximate surface area is 120 Å². The van der Waals surface area contributed by atoms with E-state index in [2.05, 4.69) is 22.4 Å². The zero-order chi connectivity index (χ0) is 14.5. The largest absolute Gasteiger partial charge is 0.380 e. The van der Waals surface area contributed by atoms with E-state index in [4.69, 9.17) is 4.74 Å². The van der Waals surface area contributed by atoms with Gasteiger partial charge in [0.05, 0.1) is 13.2 Å². The first-order valence-corrected chi connectivity index (χ1v) is 7.16. The Morgan fingerprint density at radius 2 is 2.40 bits per heavy atom. The summed E-state index contributed by atoms with van der Waals surface area (Å²) in [5.74, 6) is 0.218. The molecule has 0 aromatic carbocycles. The summed E-state index contributed by atoms with van der Waals surface area (Å²) < 4.78 is 7.33. The van der Waals surface area contributed by atoms with Crippen LogP contribution in [0, 0.1) is 5.92 Å². The highest BCUT2D eigenvalue weighted by Crippen LogP contribution is 2.06. The Morgan fingerprint density at radius 1 is 1.60 bits per heavy atom. The molecule has 1 amide bonds. The summed E-state index contributed by atoms with van der Waals surface area (Å²) in [6.07, 6.45) is 1.84. The van der Waals surface area contributed by atoms with Crippen molar-refractivity contribution in [1.82, 2.24) is 20.0 Å². The number of nitrogens with zero attached hydrogens (tertiary/aromatic N) is 3. The molecule has 2 heterocycles. The smallest absolute Gasteiger partial charge is 0.271 e. The summed E-state index contributed by atoms with van der Waals surface area (Å²) in [7, 11) is 2.08. The lowest BCUT2D eigenvalue weighted by molar-refractivity contribution is 0.0915. The van der Waals surface area contributed by atoms with Gasteiger partial charge in [0.25, 0.3) is 5.91 Å². The van der Waals surface area contributed by atoms with E-state index in [0.29, 0.717) is 24.8 Å². The normalized spacial score (nSPS) is 20.9. The summed E-state index contributed by atoms with van der Waals surface area (Å²) in [6, 6.07) is 2.02. The van der Waals surface area contributed by atoms with E-state index in [9.17, 15) is 4.79 Å². The maximum Gasteiger partial charge on any atom is 0.271 e. The average Bonchev–Trinajstić information content (AvgIpc) is 2.81. The van der Waals surface area contributed by atoms with Crippen LogP contribution in [0.4, 0.5) is 0 Å². The molecule has 1 fully saturated rings. The number of likely N-dealkylation sites (N-methyl/N-ethyl adjacent to an activating group) is 1. The second kappa shape index (κ2) is 6.85. The van der Waals surface area contributed by atoms with Gasteiger partial charge >= 0.3 is 0 Å². The summed E-state index contributed by atoms with van der Waals surface area (Å²) in [5.41, 5.74) is 0.474. The first-order chi connectivity index (χ1) is 9.56. The lowest BCUT2D eigenvalue weighted by Gasteiger charge is -2.18. The van der Waals surface area contributed by atoms with Crippen LogP contribution < -0.4 is 5.32 Å². The van der Waals surface area contributed by atoms with Crippen molar-refractivity contribution in [2.24, 2.45) is 5.92 Å². The minimum Gasteiger partial charge on any atom is -0.380 e. The minimum atomic E-state index is -0.115. The molecule has 0 unspecified atom stereocenters. The van der Waals surface area contributed by atoms with Crippen molar-refractivity contribution in [3.05, 3.63) is 18.0 Å². The van der Waals surface area contributed by atoms with Gasteiger partial charge in [0.15, 0.2) is 0 Å². The maximum absolute atomic E-state index is 12.0. The van der Waals surface area contributed by atoms with Gasteiger partial charge in [-0.05, 0) is 27.0 Å². The number of aromatic nitrogens is 2. The molecule has 1 aromatic rings. The lowest BCUT2D eigenvalue weighted by Crippen LogP contribution is -2.36. The second-order valence-corrected chi connectivity index (χ2v) is 5.69. The van der Waals surface area contributed by atoms with Crippen molar-refractivity contribution < 1.29 is 9.53 Å². The molecule has 0 bridgehead atoms. The van der Waals surface area contributed by atoms with Gasteiger partial charge in [0.2, 0.25) is 0 Å². The number of carbonyl (C=O) groups excluding carboxylic acids is 1. The highest BCUT2D eigenvalue weighted by atomic mass is 16.5. The summed E-state index contributed by atoms with van der Waals surface area (Å²) >= 11 is 0. The molecule has 6 heteroatoms. The second-order valence-electron chi connectivity index (χ2n) is 5.69. The van der Waals surface area contributed by atoms with E-state index < -0.39 is 0 Å². The number of hydrogen-bond acceptors (Lipinski definition) is 4. The Balaban J connectivity index is 1.84. The number of ether oxygens (including phenoxy) is 1. The predicted molar refractivity (Wildman–Crippen MR) is 76.8 cm³/mol. The number of rotatable bonds is 4. The van der Waals surface area contributed by atoms with E-state index in [0.717, 1.165) is 19.7 Å². The minimum absolute atomic E-state index is 0.115. The van der Waals surface area contributed by atoms with E-state index in [1.165, 1.54) is 0 Å². The number of nitrogens with one attached hydrogen (secondary N) is 1. The van der Waals surface area contributed by atoms with Crippen LogP contribution in [0.2, 0.25) is 0 Å². The maximum atomic E-state index is 12.0. The molecule has 1 aromatic heterocycles. The molecule has 6 nitrogen and oxygen atoms in total. The Morgan fingerprint density at radius 3 is 3.10 bits per heavy atom. The molecule has 1 N–H and O–H groups in total. The van der Waals surface area contributed by atoms with E-state index in [1.54, 1.807) is 10.7 Å². The summed E-state index contributed by atoms with van der Waals surface area (Å²) in [5, 5.41) is 7.22. The van der Waals surface area contributed by atoms with Gasteiger partial charge in [-0.15, -0.1) is 0 Å². The van der Waals surface area contributed by atoms with Crippen LogP contribution >= 0.6 is 0 Å².